The molecule has 3 atom stereocenters. The van der Waals surface area contributed by atoms with E-state index in [0.717, 1.165) is 19.3 Å². The highest BCUT2D eigenvalue weighted by atomic mass is 19.1. The third-order valence-corrected chi connectivity index (χ3v) is 4.95. The number of carbonyl (C=O) groups excluding carboxylic acids is 2. The molecule has 0 bridgehead atoms. The van der Waals surface area contributed by atoms with Crippen LogP contribution in [0.2, 0.25) is 0 Å². The van der Waals surface area contributed by atoms with Gasteiger partial charge in [-0.2, -0.15) is 0 Å². The zero-order chi connectivity index (χ0) is 17.1. The van der Waals surface area contributed by atoms with Crippen molar-refractivity contribution in [1.29, 1.82) is 0 Å². The summed E-state index contributed by atoms with van der Waals surface area (Å²) in [4.78, 5) is 26.4. The molecule has 6 heteroatoms. The second kappa shape index (κ2) is 7.30. The Hall–Kier alpha value is -1.95. The number of hydrogen-bond donors (Lipinski definition) is 1. The number of methoxy groups -OCH3 is 1. The Morgan fingerprint density at radius 2 is 2.17 bits per heavy atom. The predicted octanol–water partition coefficient (Wildman–Crippen LogP) is 2.17. The van der Waals surface area contributed by atoms with Gasteiger partial charge in [0.15, 0.2) is 0 Å². The van der Waals surface area contributed by atoms with Crippen molar-refractivity contribution in [3.05, 3.63) is 35.6 Å². The highest BCUT2D eigenvalue weighted by Crippen LogP contribution is 2.40. The van der Waals surface area contributed by atoms with Gasteiger partial charge in [0.25, 0.3) is 0 Å². The number of carbonyl (C=O) groups is 2. The van der Waals surface area contributed by atoms with Gasteiger partial charge in [-0.1, -0.05) is 24.6 Å². The van der Waals surface area contributed by atoms with E-state index in [1.54, 1.807) is 23.1 Å². The lowest BCUT2D eigenvalue weighted by Gasteiger charge is -2.33. The minimum atomic E-state index is -0.373. The smallest absolute Gasteiger partial charge is 0.249 e. The van der Waals surface area contributed by atoms with Crippen molar-refractivity contribution < 1.29 is 18.7 Å². The Kier molecular flexibility index (Phi) is 5.14. The minimum Gasteiger partial charge on any atom is -0.375 e. The molecule has 0 spiro atoms. The van der Waals surface area contributed by atoms with Crippen molar-refractivity contribution in [3.63, 3.8) is 0 Å². The molecule has 2 amide bonds. The van der Waals surface area contributed by atoms with E-state index in [0.29, 0.717) is 18.4 Å². The van der Waals surface area contributed by atoms with Gasteiger partial charge in [0.05, 0.1) is 18.1 Å². The highest BCUT2D eigenvalue weighted by Gasteiger charge is 2.45. The second-order valence-corrected chi connectivity index (χ2v) is 6.49. The van der Waals surface area contributed by atoms with Crippen molar-refractivity contribution in [2.75, 3.05) is 13.7 Å². The van der Waals surface area contributed by atoms with E-state index < -0.39 is 0 Å². The van der Waals surface area contributed by atoms with Crippen LogP contribution in [0.3, 0.4) is 0 Å². The van der Waals surface area contributed by atoms with Crippen LogP contribution in [0.1, 0.15) is 43.7 Å². The molecular formula is C18H23FN2O3. The fourth-order valence-corrected chi connectivity index (χ4v) is 3.93. The summed E-state index contributed by atoms with van der Waals surface area (Å²) in [6, 6.07) is 5.92. The summed E-state index contributed by atoms with van der Waals surface area (Å²) in [6.45, 7) is -0.0396. The maximum atomic E-state index is 14.3. The van der Waals surface area contributed by atoms with Crippen LogP contribution < -0.4 is 5.32 Å². The maximum absolute atomic E-state index is 14.3. The van der Waals surface area contributed by atoms with Gasteiger partial charge in [-0.05, 0) is 25.3 Å². The van der Waals surface area contributed by atoms with E-state index in [-0.39, 0.29) is 42.4 Å². The van der Waals surface area contributed by atoms with Gasteiger partial charge < -0.3 is 15.0 Å². The lowest BCUT2D eigenvalue weighted by Crippen LogP contribution is -2.48. The molecule has 0 aromatic heterocycles. The van der Waals surface area contributed by atoms with Gasteiger partial charge in [0.1, 0.15) is 12.4 Å². The average molecular weight is 334 g/mol. The summed E-state index contributed by atoms with van der Waals surface area (Å²) in [7, 11) is 1.48. The van der Waals surface area contributed by atoms with E-state index in [1.165, 1.54) is 13.2 Å². The van der Waals surface area contributed by atoms with Crippen LogP contribution in [0.15, 0.2) is 24.3 Å². The minimum absolute atomic E-state index is 0.0121. The molecule has 0 saturated carbocycles. The molecule has 0 radical (unpaired) electrons. The Morgan fingerprint density at radius 1 is 1.38 bits per heavy atom. The van der Waals surface area contributed by atoms with E-state index in [2.05, 4.69) is 5.32 Å². The van der Waals surface area contributed by atoms with E-state index in [9.17, 15) is 14.0 Å². The first-order valence-corrected chi connectivity index (χ1v) is 8.45. The number of ether oxygens (including phenoxy) is 1. The van der Waals surface area contributed by atoms with Gasteiger partial charge in [-0.15, -0.1) is 0 Å². The third-order valence-electron chi connectivity index (χ3n) is 4.95. The molecule has 130 valence electrons. The molecule has 1 N–H and O–H groups in total. The lowest BCUT2D eigenvalue weighted by atomic mass is 9.97. The zero-order valence-electron chi connectivity index (χ0n) is 13.8. The largest absolute Gasteiger partial charge is 0.375 e. The monoisotopic (exact) mass is 334 g/mol. The van der Waals surface area contributed by atoms with Gasteiger partial charge in [-0.25, -0.2) is 4.39 Å². The number of rotatable bonds is 3. The number of hydrogen-bond acceptors (Lipinski definition) is 3. The van der Waals surface area contributed by atoms with Crippen molar-refractivity contribution in [2.45, 2.75) is 50.2 Å². The maximum Gasteiger partial charge on any atom is 0.249 e. The summed E-state index contributed by atoms with van der Waals surface area (Å²) in [5.74, 6) is -0.468. The number of fused-ring (bicyclic) bond motifs is 1. The molecule has 2 fully saturated rings. The van der Waals surface area contributed by atoms with Gasteiger partial charge in [0.2, 0.25) is 11.8 Å². The summed E-state index contributed by atoms with van der Waals surface area (Å²) < 4.78 is 19.3. The number of benzene rings is 1. The fraction of sp³-hybridized carbons (Fsp3) is 0.556. The molecule has 2 heterocycles. The first kappa shape index (κ1) is 16.9. The van der Waals surface area contributed by atoms with Gasteiger partial charge in [-0.3, -0.25) is 9.59 Å². The number of nitrogens with one attached hydrogen (secondary N) is 1. The second-order valence-electron chi connectivity index (χ2n) is 6.49. The SMILES string of the molecule is COCC(=O)N1[C@H](c2ccccc2F)C[C@H]2NC(=O)CCCC[C@@H]21. The van der Waals surface area contributed by atoms with Gasteiger partial charge >= 0.3 is 0 Å². The van der Waals surface area contributed by atoms with Crippen molar-refractivity contribution in [1.82, 2.24) is 10.2 Å². The van der Waals surface area contributed by atoms with Crippen LogP contribution in [0, 0.1) is 5.82 Å². The number of likely N-dealkylation sites (tertiary alicyclic amines) is 1. The van der Waals surface area contributed by atoms with E-state index in [4.69, 9.17) is 4.74 Å². The summed E-state index contributed by atoms with van der Waals surface area (Å²) in [5.41, 5.74) is 0.503. The molecule has 2 aliphatic rings. The lowest BCUT2D eigenvalue weighted by molar-refractivity contribution is -0.139. The van der Waals surface area contributed by atoms with Crippen molar-refractivity contribution in [3.8, 4) is 0 Å². The fourth-order valence-electron chi connectivity index (χ4n) is 3.93. The molecular weight excluding hydrogens is 311 g/mol. The number of nitrogens with zero attached hydrogens (tertiary/aromatic N) is 1. The number of amides is 2. The first-order chi connectivity index (χ1) is 11.6. The van der Waals surface area contributed by atoms with Crippen molar-refractivity contribution >= 4 is 11.8 Å². The van der Waals surface area contributed by atoms with E-state index in [1.807, 2.05) is 0 Å². The van der Waals surface area contributed by atoms with Crippen LogP contribution in [-0.4, -0.2) is 42.5 Å². The third kappa shape index (κ3) is 3.29. The topological polar surface area (TPSA) is 58.6 Å². The average Bonchev–Trinajstić information content (AvgIpc) is 2.87. The number of halogens is 1. The normalized spacial score (nSPS) is 27.2. The van der Waals surface area contributed by atoms with Crippen LogP contribution in [0.4, 0.5) is 4.39 Å². The summed E-state index contributed by atoms with van der Waals surface area (Å²) >= 11 is 0. The predicted molar refractivity (Wildman–Crippen MR) is 86.7 cm³/mol. The highest BCUT2D eigenvalue weighted by molar-refractivity contribution is 5.80. The van der Waals surface area contributed by atoms with Crippen LogP contribution in [0.25, 0.3) is 0 Å². The quantitative estimate of drug-likeness (QED) is 0.922. The molecule has 0 unspecified atom stereocenters. The Labute approximate surface area is 141 Å². The Bertz CT molecular complexity index is 622. The molecule has 1 aromatic rings. The molecule has 24 heavy (non-hydrogen) atoms. The molecule has 1 aromatic carbocycles. The molecule has 2 aliphatic heterocycles. The Balaban J connectivity index is 1.95. The van der Waals surface area contributed by atoms with Gasteiger partial charge in [0, 0.05) is 19.1 Å². The standard InChI is InChI=1S/C18H23FN2O3/c1-24-11-18(23)21-15-8-4-5-9-17(22)20-14(15)10-16(21)12-6-2-3-7-13(12)19/h2-3,6-7,14-16H,4-5,8-11H2,1H3,(H,20,22)/t14-,15+,16+/m1/s1. The summed E-state index contributed by atoms with van der Waals surface area (Å²) in [5, 5.41) is 3.03. The van der Waals surface area contributed by atoms with Crippen LogP contribution in [-0.2, 0) is 14.3 Å². The molecule has 0 aliphatic carbocycles. The summed E-state index contributed by atoms with van der Waals surface area (Å²) in [6.07, 6.45) is 3.55. The molecule has 5 nitrogen and oxygen atoms in total. The first-order valence-electron chi connectivity index (χ1n) is 8.45. The zero-order valence-corrected chi connectivity index (χ0v) is 13.8. The van der Waals surface area contributed by atoms with Crippen molar-refractivity contribution in [2.24, 2.45) is 0 Å². The Morgan fingerprint density at radius 3 is 2.92 bits per heavy atom. The van der Waals surface area contributed by atoms with Crippen LogP contribution >= 0.6 is 0 Å². The van der Waals surface area contributed by atoms with E-state index >= 15 is 0 Å². The van der Waals surface area contributed by atoms with Crippen LogP contribution in [0.5, 0.6) is 0 Å². The molecule has 3 rings (SSSR count). The molecule has 2 saturated heterocycles.